The number of fused-ring (bicyclic) bond motifs is 2. The second kappa shape index (κ2) is 3.72. The summed E-state index contributed by atoms with van der Waals surface area (Å²) in [5.74, 6) is 0.358. The standard InChI is InChI=1S/C14H17ClN2O/c1-8-12(16)6-14(8)11-5-10(15)4-3-9(11)7-17(2)13(14)18/h3-5,8,12H,6-7,16H2,1-2H3. The molecular formula is C14H17ClN2O. The fraction of sp³-hybridized carbons (Fsp3) is 0.500. The molecule has 1 aromatic rings. The molecule has 1 aliphatic carbocycles. The van der Waals surface area contributed by atoms with Crippen LogP contribution in [0.2, 0.25) is 5.02 Å². The summed E-state index contributed by atoms with van der Waals surface area (Å²) in [4.78, 5) is 14.4. The minimum Gasteiger partial charge on any atom is -0.341 e. The largest absolute Gasteiger partial charge is 0.341 e. The summed E-state index contributed by atoms with van der Waals surface area (Å²) in [7, 11) is 1.86. The molecule has 0 radical (unpaired) electrons. The molecule has 18 heavy (non-hydrogen) atoms. The molecule has 0 bridgehead atoms. The van der Waals surface area contributed by atoms with Crippen LogP contribution in [0.15, 0.2) is 18.2 Å². The maximum atomic E-state index is 12.6. The minimum absolute atomic E-state index is 0.104. The predicted molar refractivity (Wildman–Crippen MR) is 71.4 cm³/mol. The van der Waals surface area contributed by atoms with E-state index in [0.717, 1.165) is 12.0 Å². The van der Waals surface area contributed by atoms with Gasteiger partial charge in [-0.15, -0.1) is 0 Å². The van der Waals surface area contributed by atoms with Crippen molar-refractivity contribution in [3.8, 4) is 0 Å². The van der Waals surface area contributed by atoms with Crippen LogP contribution >= 0.6 is 11.6 Å². The number of amides is 1. The normalized spacial score (nSPS) is 34.4. The molecule has 1 spiro atoms. The summed E-state index contributed by atoms with van der Waals surface area (Å²) in [6.07, 6.45) is 0.727. The van der Waals surface area contributed by atoms with Crippen molar-refractivity contribution in [3.63, 3.8) is 0 Å². The molecular weight excluding hydrogens is 248 g/mol. The minimum atomic E-state index is -0.438. The van der Waals surface area contributed by atoms with Gasteiger partial charge in [0.2, 0.25) is 5.91 Å². The lowest BCUT2D eigenvalue weighted by atomic mass is 9.52. The molecule has 3 atom stereocenters. The van der Waals surface area contributed by atoms with E-state index in [9.17, 15) is 4.79 Å². The first kappa shape index (κ1) is 12.0. The van der Waals surface area contributed by atoms with Crippen molar-refractivity contribution in [2.24, 2.45) is 11.7 Å². The number of carbonyl (C=O) groups is 1. The number of rotatable bonds is 0. The Morgan fingerprint density at radius 3 is 2.83 bits per heavy atom. The molecule has 1 amide bonds. The SMILES string of the molecule is CC1C(N)CC12C(=O)N(C)Cc1ccc(Cl)cc12. The summed E-state index contributed by atoms with van der Waals surface area (Å²) < 4.78 is 0. The molecule has 3 rings (SSSR count). The Morgan fingerprint density at radius 2 is 2.22 bits per heavy atom. The summed E-state index contributed by atoms with van der Waals surface area (Å²) in [5, 5.41) is 0.693. The highest BCUT2D eigenvalue weighted by atomic mass is 35.5. The van der Waals surface area contributed by atoms with Gasteiger partial charge in [0.15, 0.2) is 0 Å². The second-order valence-corrected chi connectivity index (χ2v) is 6.03. The zero-order chi connectivity index (χ0) is 13.1. The number of nitrogens with zero attached hydrogens (tertiary/aromatic N) is 1. The molecule has 2 N–H and O–H groups in total. The highest BCUT2D eigenvalue weighted by Gasteiger charge is 2.59. The van der Waals surface area contributed by atoms with E-state index in [0.29, 0.717) is 11.6 Å². The predicted octanol–water partition coefficient (Wildman–Crippen LogP) is 1.92. The number of hydrogen-bond acceptors (Lipinski definition) is 2. The van der Waals surface area contributed by atoms with Gasteiger partial charge < -0.3 is 10.6 Å². The Kier molecular flexibility index (Phi) is 2.48. The van der Waals surface area contributed by atoms with Crippen molar-refractivity contribution >= 4 is 17.5 Å². The first-order chi connectivity index (χ1) is 8.46. The average molecular weight is 265 g/mol. The number of nitrogens with two attached hydrogens (primary N) is 1. The van der Waals surface area contributed by atoms with E-state index in [4.69, 9.17) is 17.3 Å². The smallest absolute Gasteiger partial charge is 0.233 e. The molecule has 0 aromatic heterocycles. The molecule has 1 heterocycles. The van der Waals surface area contributed by atoms with E-state index < -0.39 is 5.41 Å². The van der Waals surface area contributed by atoms with Crippen molar-refractivity contribution in [1.82, 2.24) is 4.90 Å². The lowest BCUT2D eigenvalue weighted by molar-refractivity contribution is -0.146. The van der Waals surface area contributed by atoms with Gasteiger partial charge in [-0.1, -0.05) is 24.6 Å². The highest BCUT2D eigenvalue weighted by Crippen LogP contribution is 2.52. The maximum absolute atomic E-state index is 12.6. The van der Waals surface area contributed by atoms with E-state index in [-0.39, 0.29) is 17.9 Å². The number of hydrogen-bond donors (Lipinski definition) is 1. The molecule has 3 nitrogen and oxygen atoms in total. The van der Waals surface area contributed by atoms with Crippen LogP contribution in [-0.2, 0) is 16.8 Å². The molecule has 3 unspecified atom stereocenters. The third-order valence-corrected chi connectivity index (χ3v) is 4.90. The van der Waals surface area contributed by atoms with E-state index in [2.05, 4.69) is 6.92 Å². The maximum Gasteiger partial charge on any atom is 0.233 e. The summed E-state index contributed by atoms with van der Waals surface area (Å²) in [5.41, 5.74) is 7.87. The Hall–Kier alpha value is -1.06. The summed E-state index contributed by atoms with van der Waals surface area (Å²) in [6, 6.07) is 5.97. The Morgan fingerprint density at radius 1 is 1.50 bits per heavy atom. The van der Waals surface area contributed by atoms with Crippen molar-refractivity contribution < 1.29 is 4.79 Å². The highest BCUT2D eigenvalue weighted by molar-refractivity contribution is 6.30. The zero-order valence-corrected chi connectivity index (χ0v) is 11.4. The van der Waals surface area contributed by atoms with Crippen LogP contribution in [0.4, 0.5) is 0 Å². The molecule has 1 aliphatic heterocycles. The van der Waals surface area contributed by atoms with Crippen LogP contribution in [0.25, 0.3) is 0 Å². The van der Waals surface area contributed by atoms with Gasteiger partial charge in [0.05, 0.1) is 5.41 Å². The van der Waals surface area contributed by atoms with E-state index >= 15 is 0 Å². The number of likely N-dealkylation sites (N-methyl/N-ethyl adjacent to an activating group) is 1. The number of carbonyl (C=O) groups excluding carboxylic acids is 1. The summed E-state index contributed by atoms with van der Waals surface area (Å²) in [6.45, 7) is 2.73. The van der Waals surface area contributed by atoms with Gasteiger partial charge in [-0.3, -0.25) is 4.79 Å². The van der Waals surface area contributed by atoms with Crippen molar-refractivity contribution in [1.29, 1.82) is 0 Å². The Bertz CT molecular complexity index is 531. The summed E-state index contributed by atoms with van der Waals surface area (Å²) >= 11 is 6.10. The topological polar surface area (TPSA) is 46.3 Å². The van der Waals surface area contributed by atoms with Gasteiger partial charge in [-0.05, 0) is 35.6 Å². The lowest BCUT2D eigenvalue weighted by Gasteiger charge is -2.55. The van der Waals surface area contributed by atoms with Crippen LogP contribution in [0, 0.1) is 5.92 Å². The van der Waals surface area contributed by atoms with Crippen molar-refractivity contribution in [3.05, 3.63) is 34.3 Å². The fourth-order valence-electron chi connectivity index (χ4n) is 3.46. The molecule has 2 aliphatic rings. The van der Waals surface area contributed by atoms with Gasteiger partial charge in [0.25, 0.3) is 0 Å². The fourth-order valence-corrected chi connectivity index (χ4v) is 3.63. The van der Waals surface area contributed by atoms with E-state index in [1.807, 2.05) is 25.2 Å². The molecule has 1 fully saturated rings. The lowest BCUT2D eigenvalue weighted by Crippen LogP contribution is -2.66. The van der Waals surface area contributed by atoms with Gasteiger partial charge >= 0.3 is 0 Å². The van der Waals surface area contributed by atoms with Crippen LogP contribution < -0.4 is 5.73 Å². The van der Waals surface area contributed by atoms with Gasteiger partial charge in [0, 0.05) is 24.7 Å². The van der Waals surface area contributed by atoms with Gasteiger partial charge in [-0.25, -0.2) is 0 Å². The molecule has 4 heteroatoms. The zero-order valence-electron chi connectivity index (χ0n) is 10.6. The van der Waals surface area contributed by atoms with Crippen LogP contribution in [-0.4, -0.2) is 23.9 Å². The Balaban J connectivity index is 2.19. The molecule has 96 valence electrons. The third kappa shape index (κ3) is 1.32. The monoisotopic (exact) mass is 264 g/mol. The van der Waals surface area contributed by atoms with Crippen molar-refractivity contribution in [2.75, 3.05) is 7.05 Å². The first-order valence-electron chi connectivity index (χ1n) is 6.27. The van der Waals surface area contributed by atoms with Gasteiger partial charge in [0.1, 0.15) is 0 Å². The quantitative estimate of drug-likeness (QED) is 0.778. The van der Waals surface area contributed by atoms with Crippen molar-refractivity contribution in [2.45, 2.75) is 31.3 Å². The van der Waals surface area contributed by atoms with Crippen LogP contribution in [0.3, 0.4) is 0 Å². The number of benzene rings is 1. The molecule has 1 saturated carbocycles. The average Bonchev–Trinajstić information content (AvgIpc) is 2.35. The van der Waals surface area contributed by atoms with E-state index in [1.54, 1.807) is 4.90 Å². The Labute approximate surface area is 112 Å². The number of halogens is 1. The van der Waals surface area contributed by atoms with Crippen LogP contribution in [0.1, 0.15) is 24.5 Å². The van der Waals surface area contributed by atoms with Gasteiger partial charge in [-0.2, -0.15) is 0 Å². The molecule has 1 aromatic carbocycles. The van der Waals surface area contributed by atoms with E-state index in [1.165, 1.54) is 5.56 Å². The van der Waals surface area contributed by atoms with Crippen LogP contribution in [0.5, 0.6) is 0 Å². The first-order valence-corrected chi connectivity index (χ1v) is 6.64. The second-order valence-electron chi connectivity index (χ2n) is 5.59. The molecule has 0 saturated heterocycles. The third-order valence-electron chi connectivity index (χ3n) is 4.67.